The average Bonchev–Trinajstić information content (AvgIpc) is 2.51. The molecule has 1 atom stereocenters. The summed E-state index contributed by atoms with van der Waals surface area (Å²) in [7, 11) is 5.27. The van der Waals surface area contributed by atoms with Crippen molar-refractivity contribution in [3.05, 3.63) is 55.6 Å². The van der Waals surface area contributed by atoms with Gasteiger partial charge >= 0.3 is 0 Å². The predicted molar refractivity (Wildman–Crippen MR) is 97.3 cm³/mol. The van der Waals surface area contributed by atoms with E-state index in [4.69, 9.17) is 9.47 Å². The van der Waals surface area contributed by atoms with Crippen LogP contribution in [0.5, 0.6) is 11.5 Å². The van der Waals surface area contributed by atoms with E-state index in [1.54, 1.807) is 14.2 Å². The number of hydrogen-bond acceptors (Lipinski definition) is 3. The summed E-state index contributed by atoms with van der Waals surface area (Å²) < 4.78 is 13.1. The summed E-state index contributed by atoms with van der Waals surface area (Å²) in [6, 6.07) is 12.2. The van der Waals surface area contributed by atoms with E-state index in [9.17, 15) is 0 Å². The normalized spacial score (nSPS) is 12.0. The van der Waals surface area contributed by atoms with E-state index in [0.29, 0.717) is 0 Å². The summed E-state index contributed by atoms with van der Waals surface area (Å²) in [6.07, 6.45) is 0. The van der Waals surface area contributed by atoms with Gasteiger partial charge in [-0.05, 0) is 65.5 Å². The minimum Gasteiger partial charge on any atom is -0.497 e. The van der Waals surface area contributed by atoms with Crippen LogP contribution in [0.4, 0.5) is 0 Å². The van der Waals surface area contributed by atoms with Gasteiger partial charge in [0.05, 0.1) is 20.3 Å². The first-order valence-corrected chi connectivity index (χ1v) is 8.32. The Hall–Kier alpha value is -0.790. The topological polar surface area (TPSA) is 30.5 Å². The fourth-order valence-electron chi connectivity index (χ4n) is 2.27. The Morgan fingerprint density at radius 2 is 1.81 bits per heavy atom. The van der Waals surface area contributed by atoms with Crippen LogP contribution in [0, 0.1) is 3.57 Å². The summed E-state index contributed by atoms with van der Waals surface area (Å²) in [5.74, 6) is 1.59. The quantitative estimate of drug-likeness (QED) is 0.670. The zero-order chi connectivity index (χ0) is 15.4. The van der Waals surface area contributed by atoms with Crippen LogP contribution in [0.2, 0.25) is 0 Å². The molecule has 2 aromatic rings. The molecule has 0 heterocycles. The van der Waals surface area contributed by atoms with Crippen molar-refractivity contribution in [2.75, 3.05) is 21.3 Å². The van der Waals surface area contributed by atoms with E-state index in [2.05, 4.69) is 62.0 Å². The van der Waals surface area contributed by atoms with E-state index in [1.165, 1.54) is 9.13 Å². The highest BCUT2D eigenvalue weighted by Gasteiger charge is 2.19. The van der Waals surface area contributed by atoms with E-state index in [1.807, 2.05) is 25.2 Å². The van der Waals surface area contributed by atoms with Gasteiger partial charge in [0.2, 0.25) is 0 Å². The van der Waals surface area contributed by atoms with Crippen LogP contribution in [-0.2, 0) is 0 Å². The molecule has 112 valence electrons. The lowest BCUT2D eigenvalue weighted by molar-refractivity contribution is 0.388. The second-order valence-electron chi connectivity index (χ2n) is 4.50. The number of benzene rings is 2. The molecular weight excluding hydrogens is 445 g/mol. The number of halogens is 2. The lowest BCUT2D eigenvalue weighted by Crippen LogP contribution is -2.19. The molecule has 0 aliphatic rings. The zero-order valence-corrected chi connectivity index (χ0v) is 15.9. The van der Waals surface area contributed by atoms with Gasteiger partial charge < -0.3 is 14.8 Å². The molecule has 1 unspecified atom stereocenters. The molecule has 21 heavy (non-hydrogen) atoms. The Bertz CT molecular complexity index is 634. The molecular formula is C16H17BrINO2. The van der Waals surface area contributed by atoms with Gasteiger partial charge in [-0.25, -0.2) is 0 Å². The van der Waals surface area contributed by atoms with Gasteiger partial charge in [-0.1, -0.05) is 15.9 Å². The maximum absolute atomic E-state index is 5.53. The highest BCUT2D eigenvalue weighted by molar-refractivity contribution is 14.1. The molecule has 0 saturated heterocycles. The Kier molecular flexibility index (Phi) is 5.89. The molecule has 0 saturated carbocycles. The monoisotopic (exact) mass is 461 g/mol. The van der Waals surface area contributed by atoms with Crippen LogP contribution < -0.4 is 14.8 Å². The predicted octanol–water partition coefficient (Wildman–Crippen LogP) is 4.38. The Morgan fingerprint density at radius 3 is 2.43 bits per heavy atom. The third-order valence-corrected chi connectivity index (χ3v) is 4.70. The van der Waals surface area contributed by atoms with Crippen molar-refractivity contribution in [2.24, 2.45) is 0 Å². The third kappa shape index (κ3) is 3.70. The first kappa shape index (κ1) is 16.6. The van der Waals surface area contributed by atoms with Crippen LogP contribution in [0.1, 0.15) is 17.2 Å². The first-order chi connectivity index (χ1) is 10.1. The molecule has 0 amide bonds. The maximum atomic E-state index is 5.53. The maximum Gasteiger partial charge on any atom is 0.127 e. The van der Waals surface area contributed by atoms with Gasteiger partial charge in [-0.3, -0.25) is 0 Å². The molecule has 5 heteroatoms. The third-order valence-electron chi connectivity index (χ3n) is 3.31. The Morgan fingerprint density at radius 1 is 1.05 bits per heavy atom. The number of methoxy groups -OCH3 is 2. The van der Waals surface area contributed by atoms with Crippen LogP contribution in [0.25, 0.3) is 0 Å². The molecule has 0 spiro atoms. The summed E-state index contributed by atoms with van der Waals surface area (Å²) in [5.41, 5.74) is 2.25. The molecule has 0 aromatic heterocycles. The summed E-state index contributed by atoms with van der Waals surface area (Å²) in [6.45, 7) is 0. The van der Waals surface area contributed by atoms with Crippen LogP contribution in [0.15, 0.2) is 40.9 Å². The van der Waals surface area contributed by atoms with Crippen molar-refractivity contribution < 1.29 is 9.47 Å². The molecule has 0 aliphatic heterocycles. The van der Waals surface area contributed by atoms with Crippen molar-refractivity contribution in [1.29, 1.82) is 0 Å². The van der Waals surface area contributed by atoms with E-state index >= 15 is 0 Å². The minimum atomic E-state index is 0.0370. The fraction of sp³-hybridized carbons (Fsp3) is 0.250. The largest absolute Gasteiger partial charge is 0.497 e. The molecule has 1 N–H and O–H groups in total. The zero-order valence-electron chi connectivity index (χ0n) is 12.1. The molecule has 0 fully saturated rings. The van der Waals surface area contributed by atoms with Gasteiger partial charge in [0.15, 0.2) is 0 Å². The smallest absolute Gasteiger partial charge is 0.127 e. The number of nitrogens with one attached hydrogen (secondary N) is 1. The highest BCUT2D eigenvalue weighted by Crippen LogP contribution is 2.36. The first-order valence-electron chi connectivity index (χ1n) is 6.44. The molecule has 2 rings (SSSR count). The van der Waals surface area contributed by atoms with Crippen molar-refractivity contribution >= 4 is 38.5 Å². The average molecular weight is 462 g/mol. The minimum absolute atomic E-state index is 0.0370. The van der Waals surface area contributed by atoms with Crippen molar-refractivity contribution in [1.82, 2.24) is 5.32 Å². The molecule has 0 radical (unpaired) electrons. The molecule has 3 nitrogen and oxygen atoms in total. The van der Waals surface area contributed by atoms with Gasteiger partial charge in [0, 0.05) is 19.7 Å². The Labute approximate surface area is 147 Å². The molecule has 0 aliphatic carbocycles. The van der Waals surface area contributed by atoms with Crippen LogP contribution >= 0.6 is 38.5 Å². The second-order valence-corrected chi connectivity index (χ2v) is 6.60. The summed E-state index contributed by atoms with van der Waals surface area (Å²) >= 11 is 5.96. The molecule has 2 aromatic carbocycles. The lowest BCUT2D eigenvalue weighted by Gasteiger charge is -2.22. The standard InChI is InChI=1S/C16H17BrINO2/c1-19-16(13-8-10(18)4-7-14(13)17)12-6-5-11(20-2)9-15(12)21-3/h4-9,16,19H,1-3H3. The van der Waals surface area contributed by atoms with Crippen molar-refractivity contribution in [2.45, 2.75) is 6.04 Å². The van der Waals surface area contributed by atoms with E-state index in [0.717, 1.165) is 21.5 Å². The van der Waals surface area contributed by atoms with E-state index in [-0.39, 0.29) is 6.04 Å². The number of rotatable bonds is 5. The number of hydrogen-bond donors (Lipinski definition) is 1. The van der Waals surface area contributed by atoms with Gasteiger partial charge in [0.1, 0.15) is 11.5 Å². The van der Waals surface area contributed by atoms with Gasteiger partial charge in [0.25, 0.3) is 0 Å². The lowest BCUT2D eigenvalue weighted by atomic mass is 9.98. The van der Waals surface area contributed by atoms with Gasteiger partial charge in [-0.15, -0.1) is 0 Å². The summed E-state index contributed by atoms with van der Waals surface area (Å²) in [5, 5.41) is 3.36. The SMILES string of the molecule is CNC(c1cc(I)ccc1Br)c1ccc(OC)cc1OC. The summed E-state index contributed by atoms with van der Waals surface area (Å²) in [4.78, 5) is 0. The second kappa shape index (κ2) is 7.47. The van der Waals surface area contributed by atoms with Crippen molar-refractivity contribution in [3.8, 4) is 11.5 Å². The van der Waals surface area contributed by atoms with Crippen molar-refractivity contribution in [3.63, 3.8) is 0 Å². The van der Waals surface area contributed by atoms with Crippen LogP contribution in [0.3, 0.4) is 0 Å². The van der Waals surface area contributed by atoms with Crippen LogP contribution in [-0.4, -0.2) is 21.3 Å². The number of ether oxygens (including phenoxy) is 2. The fourth-order valence-corrected chi connectivity index (χ4v) is 3.26. The van der Waals surface area contributed by atoms with E-state index < -0.39 is 0 Å². The highest BCUT2D eigenvalue weighted by atomic mass is 127. The van der Waals surface area contributed by atoms with Gasteiger partial charge in [-0.2, -0.15) is 0 Å². The molecule has 0 bridgehead atoms. The Balaban J connectivity index is 2.53.